The first kappa shape index (κ1) is 19.9. The highest BCUT2D eigenvalue weighted by Gasteiger charge is 2.06. The third kappa shape index (κ3) is 15.2. The summed E-state index contributed by atoms with van der Waals surface area (Å²) in [7, 11) is 0. The van der Waals surface area contributed by atoms with Gasteiger partial charge in [-0.15, -0.1) is 0 Å². The summed E-state index contributed by atoms with van der Waals surface area (Å²) in [6, 6.07) is 0. The molecule has 0 N–H and O–H groups in total. The Labute approximate surface area is 129 Å². The molecule has 4 nitrogen and oxygen atoms in total. The van der Waals surface area contributed by atoms with E-state index in [1.165, 1.54) is 19.3 Å². The van der Waals surface area contributed by atoms with Crippen molar-refractivity contribution in [3.63, 3.8) is 0 Å². The van der Waals surface area contributed by atoms with E-state index in [1.807, 2.05) is 13.8 Å². The molecule has 0 fully saturated rings. The Morgan fingerprint density at radius 1 is 0.810 bits per heavy atom. The highest BCUT2D eigenvalue weighted by molar-refractivity contribution is 5.70. The molecule has 0 unspecified atom stereocenters. The van der Waals surface area contributed by atoms with Crippen LogP contribution in [0.25, 0.3) is 0 Å². The van der Waals surface area contributed by atoms with Crippen LogP contribution in [-0.2, 0) is 19.1 Å². The molecule has 0 aliphatic carbocycles. The minimum absolute atomic E-state index is 0.0511. The minimum atomic E-state index is -0.153. The predicted octanol–water partition coefficient (Wildman–Crippen LogP) is 4.40. The first-order valence-electron chi connectivity index (χ1n) is 8.41. The van der Waals surface area contributed by atoms with Gasteiger partial charge < -0.3 is 9.47 Å². The van der Waals surface area contributed by atoms with Crippen LogP contribution >= 0.6 is 0 Å². The Morgan fingerprint density at radius 2 is 1.38 bits per heavy atom. The van der Waals surface area contributed by atoms with Crippen LogP contribution in [-0.4, -0.2) is 24.6 Å². The SMILES string of the molecule is CCCCCCCOC(=O)CCCCCC(=O)OC(C)C. The van der Waals surface area contributed by atoms with Gasteiger partial charge in [0.1, 0.15) is 0 Å². The van der Waals surface area contributed by atoms with E-state index in [1.54, 1.807) is 0 Å². The van der Waals surface area contributed by atoms with E-state index in [4.69, 9.17) is 9.47 Å². The topological polar surface area (TPSA) is 52.6 Å². The molecular weight excluding hydrogens is 268 g/mol. The quantitative estimate of drug-likeness (QED) is 0.373. The molecule has 0 rings (SSSR count). The van der Waals surface area contributed by atoms with Crippen molar-refractivity contribution in [2.75, 3.05) is 6.61 Å². The number of carbonyl (C=O) groups excluding carboxylic acids is 2. The fourth-order valence-corrected chi connectivity index (χ4v) is 2.00. The Balaban J connectivity index is 3.32. The van der Waals surface area contributed by atoms with Crippen LogP contribution in [0.5, 0.6) is 0 Å². The van der Waals surface area contributed by atoms with Gasteiger partial charge in [-0.25, -0.2) is 0 Å². The zero-order valence-electron chi connectivity index (χ0n) is 14.0. The molecule has 4 heteroatoms. The lowest BCUT2D eigenvalue weighted by molar-refractivity contribution is -0.147. The van der Waals surface area contributed by atoms with Gasteiger partial charge in [-0.05, 0) is 33.1 Å². The molecule has 0 aliphatic heterocycles. The van der Waals surface area contributed by atoms with Gasteiger partial charge in [0.25, 0.3) is 0 Å². The summed E-state index contributed by atoms with van der Waals surface area (Å²) in [5, 5.41) is 0. The molecule has 124 valence electrons. The summed E-state index contributed by atoms with van der Waals surface area (Å²) in [4.78, 5) is 22.7. The zero-order chi connectivity index (χ0) is 15.9. The van der Waals surface area contributed by atoms with Gasteiger partial charge in [0.2, 0.25) is 0 Å². The van der Waals surface area contributed by atoms with Gasteiger partial charge in [0.15, 0.2) is 0 Å². The molecule has 0 atom stereocenters. The fraction of sp³-hybridized carbons (Fsp3) is 0.882. The average Bonchev–Trinajstić information content (AvgIpc) is 2.41. The van der Waals surface area contributed by atoms with Crippen LogP contribution in [0.1, 0.15) is 85.0 Å². The number of hydrogen-bond acceptors (Lipinski definition) is 4. The molecular formula is C17H32O4. The second kappa shape index (κ2) is 13.9. The standard InChI is InChI=1S/C17H32O4/c1-4-5-6-7-11-14-20-16(18)12-9-8-10-13-17(19)21-15(2)3/h15H,4-14H2,1-3H3. The van der Waals surface area contributed by atoms with Crippen LogP contribution in [0, 0.1) is 0 Å². The third-order valence-electron chi connectivity index (χ3n) is 3.14. The van der Waals surface area contributed by atoms with E-state index in [0.29, 0.717) is 19.4 Å². The van der Waals surface area contributed by atoms with Gasteiger partial charge in [0, 0.05) is 12.8 Å². The van der Waals surface area contributed by atoms with E-state index >= 15 is 0 Å². The summed E-state index contributed by atoms with van der Waals surface area (Å²) in [5.41, 5.74) is 0. The van der Waals surface area contributed by atoms with Crippen LogP contribution < -0.4 is 0 Å². The fourth-order valence-electron chi connectivity index (χ4n) is 2.00. The van der Waals surface area contributed by atoms with E-state index in [9.17, 15) is 9.59 Å². The molecule has 0 spiro atoms. The average molecular weight is 300 g/mol. The van der Waals surface area contributed by atoms with Crippen molar-refractivity contribution in [1.29, 1.82) is 0 Å². The largest absolute Gasteiger partial charge is 0.466 e. The minimum Gasteiger partial charge on any atom is -0.466 e. The van der Waals surface area contributed by atoms with E-state index in [-0.39, 0.29) is 18.0 Å². The van der Waals surface area contributed by atoms with E-state index < -0.39 is 0 Å². The number of ether oxygens (including phenoxy) is 2. The maximum absolute atomic E-state index is 11.5. The molecule has 0 bridgehead atoms. The maximum atomic E-state index is 11.5. The first-order valence-corrected chi connectivity index (χ1v) is 8.41. The van der Waals surface area contributed by atoms with Crippen molar-refractivity contribution in [3.8, 4) is 0 Å². The number of esters is 2. The lowest BCUT2D eigenvalue weighted by Gasteiger charge is -2.07. The van der Waals surface area contributed by atoms with Gasteiger partial charge >= 0.3 is 11.9 Å². The summed E-state index contributed by atoms with van der Waals surface area (Å²) in [6.07, 6.45) is 9.06. The Hall–Kier alpha value is -1.06. The highest BCUT2D eigenvalue weighted by Crippen LogP contribution is 2.07. The molecule has 0 aliphatic rings. The number of carbonyl (C=O) groups is 2. The molecule has 0 aromatic rings. The van der Waals surface area contributed by atoms with E-state index in [0.717, 1.165) is 32.1 Å². The molecule has 0 heterocycles. The van der Waals surface area contributed by atoms with Crippen molar-refractivity contribution in [1.82, 2.24) is 0 Å². The summed E-state index contributed by atoms with van der Waals surface area (Å²) < 4.78 is 10.2. The normalized spacial score (nSPS) is 10.7. The van der Waals surface area contributed by atoms with Gasteiger partial charge in [0.05, 0.1) is 12.7 Å². The molecule has 0 amide bonds. The maximum Gasteiger partial charge on any atom is 0.306 e. The van der Waals surface area contributed by atoms with Crippen molar-refractivity contribution in [3.05, 3.63) is 0 Å². The molecule has 0 saturated carbocycles. The molecule has 0 aromatic heterocycles. The van der Waals surface area contributed by atoms with Gasteiger partial charge in [-0.1, -0.05) is 39.0 Å². The first-order chi connectivity index (χ1) is 10.1. The summed E-state index contributed by atoms with van der Waals surface area (Å²) in [6.45, 7) is 6.41. The van der Waals surface area contributed by atoms with Crippen LogP contribution in [0.15, 0.2) is 0 Å². The monoisotopic (exact) mass is 300 g/mol. The lowest BCUT2D eigenvalue weighted by Crippen LogP contribution is -2.11. The summed E-state index contributed by atoms with van der Waals surface area (Å²) >= 11 is 0. The number of hydrogen-bond donors (Lipinski definition) is 0. The van der Waals surface area contributed by atoms with Crippen molar-refractivity contribution >= 4 is 11.9 Å². The smallest absolute Gasteiger partial charge is 0.306 e. The summed E-state index contributed by atoms with van der Waals surface area (Å²) in [5.74, 6) is -0.269. The molecule has 0 saturated heterocycles. The van der Waals surface area contributed by atoms with Gasteiger partial charge in [-0.3, -0.25) is 9.59 Å². The Bertz CT molecular complexity index is 274. The van der Waals surface area contributed by atoms with E-state index in [2.05, 4.69) is 6.92 Å². The van der Waals surface area contributed by atoms with Crippen molar-refractivity contribution < 1.29 is 19.1 Å². The zero-order valence-corrected chi connectivity index (χ0v) is 14.0. The predicted molar refractivity (Wildman–Crippen MR) is 84.0 cm³/mol. The molecule has 0 aromatic carbocycles. The van der Waals surface area contributed by atoms with Crippen molar-refractivity contribution in [2.24, 2.45) is 0 Å². The molecule has 21 heavy (non-hydrogen) atoms. The van der Waals surface area contributed by atoms with Crippen molar-refractivity contribution in [2.45, 2.75) is 91.1 Å². The Morgan fingerprint density at radius 3 is 2.00 bits per heavy atom. The Kier molecular flexibility index (Phi) is 13.2. The number of unbranched alkanes of at least 4 members (excludes halogenated alkanes) is 6. The van der Waals surface area contributed by atoms with Crippen LogP contribution in [0.3, 0.4) is 0 Å². The number of rotatable bonds is 13. The van der Waals surface area contributed by atoms with Crippen LogP contribution in [0.4, 0.5) is 0 Å². The highest BCUT2D eigenvalue weighted by atomic mass is 16.5. The third-order valence-corrected chi connectivity index (χ3v) is 3.14. The van der Waals surface area contributed by atoms with Gasteiger partial charge in [-0.2, -0.15) is 0 Å². The second-order valence-corrected chi connectivity index (χ2v) is 5.73. The lowest BCUT2D eigenvalue weighted by atomic mass is 10.1. The second-order valence-electron chi connectivity index (χ2n) is 5.73. The molecule has 0 radical (unpaired) electrons. The van der Waals surface area contributed by atoms with Crippen LogP contribution in [0.2, 0.25) is 0 Å².